The number of hydrogen-bond acceptors (Lipinski definition) is 2. The van der Waals surface area contributed by atoms with Crippen LogP contribution in [0.25, 0.3) is 0 Å². The van der Waals surface area contributed by atoms with Gasteiger partial charge in [-0.15, -0.1) is 0 Å². The maximum Gasteiger partial charge on any atom is 0.137 e. The van der Waals surface area contributed by atoms with Gasteiger partial charge in [-0.1, -0.05) is 25.1 Å². The highest BCUT2D eigenvalue weighted by atomic mass is 79.9. The Kier molecular flexibility index (Phi) is 5.15. The minimum absolute atomic E-state index is 0.340. The second-order valence-electron chi connectivity index (χ2n) is 4.50. The number of aliphatic hydroxyl groups is 1. The molecule has 0 heterocycles. The van der Waals surface area contributed by atoms with E-state index in [2.05, 4.69) is 15.9 Å². The minimum Gasteiger partial charge on any atom is -0.494 e. The Labute approximate surface area is 126 Å². The lowest BCUT2D eigenvalue weighted by Gasteiger charge is -2.13. The fraction of sp³-hybridized carbons (Fsp3) is 0.250. The summed E-state index contributed by atoms with van der Waals surface area (Å²) in [6.45, 7) is 2.68. The maximum absolute atomic E-state index is 13.2. The zero-order valence-corrected chi connectivity index (χ0v) is 12.7. The van der Waals surface area contributed by atoms with Crippen LogP contribution in [0.15, 0.2) is 46.9 Å². The third kappa shape index (κ3) is 3.58. The van der Waals surface area contributed by atoms with Gasteiger partial charge in [-0.25, -0.2) is 4.39 Å². The van der Waals surface area contributed by atoms with Gasteiger partial charge in [-0.3, -0.25) is 0 Å². The predicted molar refractivity (Wildman–Crippen MR) is 80.4 cm³/mol. The third-order valence-electron chi connectivity index (χ3n) is 2.91. The molecule has 1 unspecified atom stereocenters. The van der Waals surface area contributed by atoms with Crippen LogP contribution in [0, 0.1) is 5.82 Å². The molecule has 2 rings (SSSR count). The molecule has 0 saturated carbocycles. The Hall–Kier alpha value is -1.39. The van der Waals surface area contributed by atoms with Crippen LogP contribution in [0.2, 0.25) is 0 Å². The third-order valence-corrected chi connectivity index (χ3v) is 3.51. The van der Waals surface area contributed by atoms with Gasteiger partial charge < -0.3 is 9.84 Å². The molecule has 20 heavy (non-hydrogen) atoms. The number of rotatable bonds is 5. The topological polar surface area (TPSA) is 29.5 Å². The molecule has 0 aliphatic heterocycles. The molecule has 2 aromatic carbocycles. The largest absolute Gasteiger partial charge is 0.494 e. The molecule has 2 aromatic rings. The van der Waals surface area contributed by atoms with Gasteiger partial charge in [-0.2, -0.15) is 0 Å². The van der Waals surface area contributed by atoms with Crippen molar-refractivity contribution < 1.29 is 14.2 Å². The van der Waals surface area contributed by atoms with Crippen LogP contribution in [0.1, 0.15) is 30.6 Å². The normalized spacial score (nSPS) is 12.2. The Balaban J connectivity index is 2.23. The molecule has 0 bridgehead atoms. The first kappa shape index (κ1) is 15.0. The van der Waals surface area contributed by atoms with Crippen molar-refractivity contribution in [1.29, 1.82) is 0 Å². The number of hydrogen-bond donors (Lipinski definition) is 1. The molecule has 0 amide bonds. The molecule has 0 radical (unpaired) electrons. The van der Waals surface area contributed by atoms with Crippen LogP contribution in [-0.2, 0) is 0 Å². The van der Waals surface area contributed by atoms with E-state index in [1.807, 2.05) is 25.1 Å². The number of halogens is 2. The second kappa shape index (κ2) is 6.86. The van der Waals surface area contributed by atoms with E-state index in [0.29, 0.717) is 16.6 Å². The summed E-state index contributed by atoms with van der Waals surface area (Å²) < 4.78 is 19.1. The van der Waals surface area contributed by atoms with E-state index >= 15 is 0 Å². The Morgan fingerprint density at radius 1 is 1.20 bits per heavy atom. The summed E-state index contributed by atoms with van der Waals surface area (Å²) in [5, 5.41) is 10.4. The van der Waals surface area contributed by atoms with Crippen molar-refractivity contribution in [1.82, 2.24) is 0 Å². The zero-order valence-electron chi connectivity index (χ0n) is 11.1. The van der Waals surface area contributed by atoms with E-state index in [0.717, 1.165) is 17.7 Å². The molecule has 1 N–H and O–H groups in total. The van der Waals surface area contributed by atoms with Crippen molar-refractivity contribution in [3.63, 3.8) is 0 Å². The van der Waals surface area contributed by atoms with E-state index < -0.39 is 6.10 Å². The van der Waals surface area contributed by atoms with Gasteiger partial charge in [0.25, 0.3) is 0 Å². The van der Waals surface area contributed by atoms with Gasteiger partial charge in [0.15, 0.2) is 0 Å². The standard InChI is InChI=1S/C16H16BrFO2/c1-2-8-20-13-5-3-4-11(9-13)16(19)12-6-7-15(18)14(17)10-12/h3-7,9-10,16,19H,2,8H2,1H3. The molecule has 0 spiro atoms. The van der Waals surface area contributed by atoms with Gasteiger partial charge in [0.2, 0.25) is 0 Å². The van der Waals surface area contributed by atoms with E-state index in [9.17, 15) is 9.50 Å². The monoisotopic (exact) mass is 338 g/mol. The molecule has 0 aromatic heterocycles. The number of aliphatic hydroxyl groups excluding tert-OH is 1. The van der Waals surface area contributed by atoms with Crippen molar-refractivity contribution in [3.05, 3.63) is 63.9 Å². The average molecular weight is 339 g/mol. The van der Waals surface area contributed by atoms with Crippen LogP contribution >= 0.6 is 15.9 Å². The molecular formula is C16H16BrFO2. The van der Waals surface area contributed by atoms with Crippen LogP contribution in [0.4, 0.5) is 4.39 Å². The van der Waals surface area contributed by atoms with E-state index in [-0.39, 0.29) is 5.82 Å². The summed E-state index contributed by atoms with van der Waals surface area (Å²) in [5.41, 5.74) is 1.35. The summed E-state index contributed by atoms with van der Waals surface area (Å²) in [6, 6.07) is 11.8. The Morgan fingerprint density at radius 3 is 2.65 bits per heavy atom. The average Bonchev–Trinajstić information content (AvgIpc) is 2.47. The Bertz CT molecular complexity index is 586. The van der Waals surface area contributed by atoms with Crippen LogP contribution in [0.5, 0.6) is 5.75 Å². The molecule has 1 atom stereocenters. The highest BCUT2D eigenvalue weighted by Crippen LogP contribution is 2.28. The molecule has 106 valence electrons. The maximum atomic E-state index is 13.2. The van der Waals surface area contributed by atoms with Crippen molar-refractivity contribution in [2.75, 3.05) is 6.61 Å². The first-order valence-electron chi connectivity index (χ1n) is 6.47. The molecule has 2 nitrogen and oxygen atoms in total. The molecule has 0 saturated heterocycles. The predicted octanol–water partition coefficient (Wildman–Crippen LogP) is 4.46. The SMILES string of the molecule is CCCOc1cccc(C(O)c2ccc(F)c(Br)c2)c1. The van der Waals surface area contributed by atoms with Crippen molar-refractivity contribution in [2.45, 2.75) is 19.4 Å². The fourth-order valence-electron chi connectivity index (χ4n) is 1.87. The van der Waals surface area contributed by atoms with Gasteiger partial charge in [0, 0.05) is 0 Å². The highest BCUT2D eigenvalue weighted by Gasteiger charge is 2.13. The van der Waals surface area contributed by atoms with E-state index in [1.54, 1.807) is 18.2 Å². The fourth-order valence-corrected chi connectivity index (χ4v) is 2.27. The van der Waals surface area contributed by atoms with Crippen molar-refractivity contribution in [3.8, 4) is 5.75 Å². The lowest BCUT2D eigenvalue weighted by molar-refractivity contribution is 0.219. The van der Waals surface area contributed by atoms with Crippen LogP contribution in [0.3, 0.4) is 0 Å². The van der Waals surface area contributed by atoms with Crippen molar-refractivity contribution >= 4 is 15.9 Å². The smallest absolute Gasteiger partial charge is 0.137 e. The van der Waals surface area contributed by atoms with E-state index in [1.165, 1.54) is 6.07 Å². The molecule has 0 aliphatic carbocycles. The summed E-state index contributed by atoms with van der Waals surface area (Å²) in [6.07, 6.45) is 0.120. The summed E-state index contributed by atoms with van der Waals surface area (Å²) >= 11 is 3.12. The highest BCUT2D eigenvalue weighted by molar-refractivity contribution is 9.10. The summed E-state index contributed by atoms with van der Waals surface area (Å²) in [5.74, 6) is 0.380. The van der Waals surface area contributed by atoms with Gasteiger partial charge >= 0.3 is 0 Å². The lowest BCUT2D eigenvalue weighted by atomic mass is 10.0. The summed E-state index contributed by atoms with van der Waals surface area (Å²) in [4.78, 5) is 0. The first-order valence-corrected chi connectivity index (χ1v) is 7.27. The first-order chi connectivity index (χ1) is 9.61. The van der Waals surface area contributed by atoms with Gasteiger partial charge in [0.05, 0.1) is 11.1 Å². The lowest BCUT2D eigenvalue weighted by Crippen LogP contribution is -2.01. The van der Waals surface area contributed by atoms with E-state index in [4.69, 9.17) is 4.74 Å². The molecule has 0 aliphatic rings. The van der Waals surface area contributed by atoms with Crippen molar-refractivity contribution in [2.24, 2.45) is 0 Å². The second-order valence-corrected chi connectivity index (χ2v) is 5.35. The molecular weight excluding hydrogens is 323 g/mol. The number of benzene rings is 2. The van der Waals surface area contributed by atoms with Crippen LogP contribution in [-0.4, -0.2) is 11.7 Å². The molecule has 4 heteroatoms. The number of ether oxygens (including phenoxy) is 1. The summed E-state index contributed by atoms with van der Waals surface area (Å²) in [7, 11) is 0. The zero-order chi connectivity index (χ0) is 14.5. The van der Waals surface area contributed by atoms with Crippen LogP contribution < -0.4 is 4.74 Å². The van der Waals surface area contributed by atoms with Gasteiger partial charge in [0.1, 0.15) is 17.7 Å². The minimum atomic E-state index is -0.808. The quantitative estimate of drug-likeness (QED) is 0.872. The van der Waals surface area contributed by atoms with Gasteiger partial charge in [-0.05, 0) is 57.7 Å². The Morgan fingerprint density at radius 2 is 1.95 bits per heavy atom. The molecule has 0 fully saturated rings.